The molecule has 2 aromatic carbocycles. The number of hydrogen-bond acceptors (Lipinski definition) is 4. The number of carbonyl (C=O) groups excluding carboxylic acids is 2. The van der Waals surface area contributed by atoms with Crippen LogP contribution in [0.25, 0.3) is 6.08 Å². The van der Waals surface area contributed by atoms with Gasteiger partial charge < -0.3 is 14.4 Å². The van der Waals surface area contributed by atoms with E-state index in [1.54, 1.807) is 11.0 Å². The SMILES string of the molecule is CCOc1ccc(/C=C/C(=O)OCC(=O)N(c2ccccc2)C(C)C)cc1. The zero-order chi connectivity index (χ0) is 19.6. The number of hydrogen-bond donors (Lipinski definition) is 0. The van der Waals surface area contributed by atoms with Crippen LogP contribution in [0.2, 0.25) is 0 Å². The number of ether oxygens (including phenoxy) is 2. The lowest BCUT2D eigenvalue weighted by Crippen LogP contribution is -2.39. The third-order valence-corrected chi connectivity index (χ3v) is 3.76. The van der Waals surface area contributed by atoms with Crippen LogP contribution in [-0.4, -0.2) is 31.1 Å². The van der Waals surface area contributed by atoms with Gasteiger partial charge in [-0.15, -0.1) is 0 Å². The summed E-state index contributed by atoms with van der Waals surface area (Å²) < 4.78 is 10.5. The molecule has 0 bridgehead atoms. The zero-order valence-corrected chi connectivity index (χ0v) is 15.9. The lowest BCUT2D eigenvalue weighted by Gasteiger charge is -2.26. The number of para-hydroxylation sites is 1. The van der Waals surface area contributed by atoms with E-state index in [1.165, 1.54) is 6.08 Å². The van der Waals surface area contributed by atoms with Crippen LogP contribution >= 0.6 is 0 Å². The van der Waals surface area contributed by atoms with Crippen molar-refractivity contribution in [2.75, 3.05) is 18.1 Å². The molecule has 0 N–H and O–H groups in total. The molecule has 5 nitrogen and oxygen atoms in total. The topological polar surface area (TPSA) is 55.8 Å². The molecule has 0 aliphatic heterocycles. The molecular formula is C22H25NO4. The van der Waals surface area contributed by atoms with Crippen LogP contribution in [0.3, 0.4) is 0 Å². The minimum absolute atomic E-state index is 0.0435. The average molecular weight is 367 g/mol. The smallest absolute Gasteiger partial charge is 0.331 e. The van der Waals surface area contributed by atoms with E-state index in [1.807, 2.05) is 75.4 Å². The van der Waals surface area contributed by atoms with Crippen LogP contribution in [0.15, 0.2) is 60.7 Å². The summed E-state index contributed by atoms with van der Waals surface area (Å²) in [7, 11) is 0. The number of rotatable bonds is 8. The summed E-state index contributed by atoms with van der Waals surface area (Å²) in [5.41, 5.74) is 1.62. The van der Waals surface area contributed by atoms with Gasteiger partial charge in [0.05, 0.1) is 6.61 Å². The van der Waals surface area contributed by atoms with Gasteiger partial charge in [-0.1, -0.05) is 30.3 Å². The van der Waals surface area contributed by atoms with E-state index in [2.05, 4.69) is 0 Å². The minimum atomic E-state index is -0.561. The first-order valence-corrected chi connectivity index (χ1v) is 8.96. The Balaban J connectivity index is 1.90. The van der Waals surface area contributed by atoms with Crippen molar-refractivity contribution in [3.05, 3.63) is 66.2 Å². The van der Waals surface area contributed by atoms with Crippen molar-refractivity contribution in [1.82, 2.24) is 0 Å². The molecule has 0 aromatic heterocycles. The molecule has 1 amide bonds. The molecular weight excluding hydrogens is 342 g/mol. The molecule has 0 aliphatic rings. The Kier molecular flexibility index (Phi) is 7.62. The summed E-state index contributed by atoms with van der Waals surface area (Å²) in [6.45, 7) is 6.05. The zero-order valence-electron chi connectivity index (χ0n) is 15.9. The van der Waals surface area contributed by atoms with Gasteiger partial charge in [0.2, 0.25) is 0 Å². The van der Waals surface area contributed by atoms with Crippen molar-refractivity contribution in [2.45, 2.75) is 26.8 Å². The monoisotopic (exact) mass is 367 g/mol. The van der Waals surface area contributed by atoms with Crippen LogP contribution in [-0.2, 0) is 14.3 Å². The van der Waals surface area contributed by atoms with Crippen LogP contribution in [0.1, 0.15) is 26.3 Å². The fraction of sp³-hybridized carbons (Fsp3) is 0.273. The highest BCUT2D eigenvalue weighted by Crippen LogP contribution is 2.17. The van der Waals surface area contributed by atoms with Gasteiger partial charge in [-0.2, -0.15) is 0 Å². The second-order valence-electron chi connectivity index (χ2n) is 6.14. The summed E-state index contributed by atoms with van der Waals surface area (Å²) in [6.07, 6.45) is 2.95. The molecule has 0 radical (unpaired) electrons. The Morgan fingerprint density at radius 3 is 2.30 bits per heavy atom. The van der Waals surface area contributed by atoms with Gasteiger partial charge in [0.15, 0.2) is 6.61 Å². The molecule has 0 saturated carbocycles. The molecule has 0 fully saturated rings. The van der Waals surface area contributed by atoms with Crippen LogP contribution in [0.4, 0.5) is 5.69 Å². The van der Waals surface area contributed by atoms with E-state index in [9.17, 15) is 9.59 Å². The minimum Gasteiger partial charge on any atom is -0.494 e. The molecule has 0 atom stereocenters. The standard InChI is InChI=1S/C22H25NO4/c1-4-26-20-13-10-18(11-14-20)12-15-22(25)27-16-21(24)23(17(2)3)19-8-6-5-7-9-19/h5-15,17H,4,16H2,1-3H3/b15-12+. The molecule has 142 valence electrons. The van der Waals surface area contributed by atoms with E-state index in [0.29, 0.717) is 6.61 Å². The van der Waals surface area contributed by atoms with Crippen molar-refractivity contribution < 1.29 is 19.1 Å². The van der Waals surface area contributed by atoms with Gasteiger partial charge in [0.1, 0.15) is 5.75 Å². The summed E-state index contributed by atoms with van der Waals surface area (Å²) >= 11 is 0. The van der Waals surface area contributed by atoms with Crippen molar-refractivity contribution in [2.24, 2.45) is 0 Å². The maximum atomic E-state index is 12.5. The van der Waals surface area contributed by atoms with E-state index < -0.39 is 5.97 Å². The lowest BCUT2D eigenvalue weighted by molar-refractivity contribution is -0.143. The van der Waals surface area contributed by atoms with E-state index in [-0.39, 0.29) is 18.6 Å². The Labute approximate surface area is 160 Å². The number of amides is 1. The predicted octanol–water partition coefficient (Wildman–Crippen LogP) is 4.08. The molecule has 2 aromatic rings. The van der Waals surface area contributed by atoms with E-state index in [0.717, 1.165) is 17.0 Å². The van der Waals surface area contributed by atoms with Crippen molar-refractivity contribution in [3.63, 3.8) is 0 Å². The van der Waals surface area contributed by atoms with Crippen molar-refractivity contribution in [3.8, 4) is 5.75 Å². The summed E-state index contributed by atoms with van der Waals surface area (Å²) in [5.74, 6) is -0.0504. The highest BCUT2D eigenvalue weighted by Gasteiger charge is 2.19. The Morgan fingerprint density at radius 2 is 1.70 bits per heavy atom. The number of esters is 1. The third kappa shape index (κ3) is 6.29. The maximum Gasteiger partial charge on any atom is 0.331 e. The van der Waals surface area contributed by atoms with Gasteiger partial charge in [-0.05, 0) is 56.7 Å². The largest absolute Gasteiger partial charge is 0.494 e. The van der Waals surface area contributed by atoms with Crippen LogP contribution < -0.4 is 9.64 Å². The predicted molar refractivity (Wildman–Crippen MR) is 107 cm³/mol. The highest BCUT2D eigenvalue weighted by molar-refractivity contribution is 5.96. The molecule has 27 heavy (non-hydrogen) atoms. The molecule has 0 unspecified atom stereocenters. The molecule has 2 rings (SSSR count). The average Bonchev–Trinajstić information content (AvgIpc) is 2.67. The van der Waals surface area contributed by atoms with Gasteiger partial charge in [-0.3, -0.25) is 4.79 Å². The first-order chi connectivity index (χ1) is 13.0. The second-order valence-corrected chi connectivity index (χ2v) is 6.14. The van der Waals surface area contributed by atoms with Gasteiger partial charge >= 0.3 is 5.97 Å². The van der Waals surface area contributed by atoms with Gasteiger partial charge in [0.25, 0.3) is 5.91 Å². The molecule has 0 spiro atoms. The van der Waals surface area contributed by atoms with Gasteiger partial charge in [0, 0.05) is 17.8 Å². The third-order valence-electron chi connectivity index (χ3n) is 3.76. The van der Waals surface area contributed by atoms with Crippen LogP contribution in [0, 0.1) is 0 Å². The first kappa shape index (κ1) is 20.2. The Hall–Kier alpha value is -3.08. The quantitative estimate of drug-likeness (QED) is 0.521. The number of anilines is 1. The van der Waals surface area contributed by atoms with Crippen molar-refractivity contribution in [1.29, 1.82) is 0 Å². The molecule has 0 saturated heterocycles. The fourth-order valence-corrected chi connectivity index (χ4v) is 2.58. The van der Waals surface area contributed by atoms with Crippen molar-refractivity contribution >= 4 is 23.6 Å². The second kappa shape index (κ2) is 10.2. The van der Waals surface area contributed by atoms with Crippen LogP contribution in [0.5, 0.6) is 5.75 Å². The molecule has 0 aliphatic carbocycles. The highest BCUT2D eigenvalue weighted by atomic mass is 16.5. The lowest BCUT2D eigenvalue weighted by atomic mass is 10.2. The molecule has 5 heteroatoms. The first-order valence-electron chi connectivity index (χ1n) is 8.96. The number of benzene rings is 2. The molecule has 0 heterocycles. The number of nitrogens with zero attached hydrogens (tertiary/aromatic N) is 1. The summed E-state index contributed by atoms with van der Waals surface area (Å²) in [6, 6.07) is 16.6. The summed E-state index contributed by atoms with van der Waals surface area (Å²) in [4.78, 5) is 26.0. The summed E-state index contributed by atoms with van der Waals surface area (Å²) in [5, 5.41) is 0. The van der Waals surface area contributed by atoms with E-state index in [4.69, 9.17) is 9.47 Å². The Bertz CT molecular complexity index is 767. The Morgan fingerprint density at radius 1 is 1.04 bits per heavy atom. The van der Waals surface area contributed by atoms with Gasteiger partial charge in [-0.25, -0.2) is 4.79 Å². The fourth-order valence-electron chi connectivity index (χ4n) is 2.58. The normalized spacial score (nSPS) is 10.8. The number of carbonyl (C=O) groups is 2. The maximum absolute atomic E-state index is 12.5. The van der Waals surface area contributed by atoms with E-state index >= 15 is 0 Å².